The highest BCUT2D eigenvalue weighted by Crippen LogP contribution is 2.43. The molecule has 0 N–H and O–H groups in total. The van der Waals surface area contributed by atoms with E-state index >= 15 is 0 Å². The maximum atomic E-state index is 13.5. The summed E-state index contributed by atoms with van der Waals surface area (Å²) in [5.41, 5.74) is 3.59. The number of hydrogen-bond acceptors (Lipinski definition) is 10. The fraction of sp³-hybridized carbons (Fsp3) is 0.424. The second kappa shape index (κ2) is 13.0. The highest BCUT2D eigenvalue weighted by atomic mass is 32.1. The summed E-state index contributed by atoms with van der Waals surface area (Å²) >= 11 is 1.58. The Kier molecular flexibility index (Phi) is 9.36. The zero-order valence-corrected chi connectivity index (χ0v) is 27.9. The van der Waals surface area contributed by atoms with Crippen molar-refractivity contribution in [2.24, 2.45) is 4.99 Å². The summed E-state index contributed by atoms with van der Waals surface area (Å²) in [6, 6.07) is 3.41. The maximum Gasteiger partial charge on any atom is 0.573 e. The average Bonchev–Trinajstić information content (AvgIpc) is 3.46. The largest absolute Gasteiger partial charge is 0.573 e. The number of aryl methyl sites for hydroxylation is 2. The number of methoxy groups -OCH3 is 1. The molecule has 1 atom stereocenters. The van der Waals surface area contributed by atoms with Crippen LogP contribution in [0.25, 0.3) is 10.6 Å². The van der Waals surface area contributed by atoms with Crippen molar-refractivity contribution in [3.8, 4) is 16.5 Å². The summed E-state index contributed by atoms with van der Waals surface area (Å²) in [5, 5.41) is 9.53. The summed E-state index contributed by atoms with van der Waals surface area (Å²) in [7, 11) is 1.32. The van der Waals surface area contributed by atoms with Gasteiger partial charge in [-0.25, -0.2) is 4.79 Å². The van der Waals surface area contributed by atoms with Gasteiger partial charge in [0.05, 0.1) is 19.2 Å². The van der Waals surface area contributed by atoms with Gasteiger partial charge in [0.1, 0.15) is 34.0 Å². The van der Waals surface area contributed by atoms with Gasteiger partial charge >= 0.3 is 18.3 Å². The molecule has 47 heavy (non-hydrogen) atoms. The molecule has 1 aliphatic carbocycles. The average molecular weight is 673 g/mol. The number of hydrogen-bond donors (Lipinski definition) is 0. The first-order valence-electron chi connectivity index (χ1n) is 14.9. The standard InChI is InChI=1S/C33H35F3N4O6S/c1-17-18(2)47-31-28(17)29(37-24(15-26(41)43-7)30-39-38-19(3)40(30)31)21-10-8-20(9-11-21)23-13-12-22(14-25(23)45-33(34,35)36)44-16-27(42)46-32(4,5)6/h8,10,12-14,24H,9,11,15-16H2,1-7H3. The van der Waals surface area contributed by atoms with Crippen LogP contribution in [-0.4, -0.2) is 58.1 Å². The van der Waals surface area contributed by atoms with Crippen LogP contribution in [0.4, 0.5) is 13.2 Å². The van der Waals surface area contributed by atoms with Gasteiger partial charge in [-0.1, -0.05) is 12.2 Å². The normalized spacial score (nSPS) is 16.2. The molecule has 1 aromatic carbocycles. The van der Waals surface area contributed by atoms with Crippen LogP contribution >= 0.6 is 11.3 Å². The van der Waals surface area contributed by atoms with Crippen molar-refractivity contribution in [1.29, 1.82) is 0 Å². The number of nitrogens with zero attached hydrogens (tertiary/aromatic N) is 4. The molecule has 2 aliphatic rings. The van der Waals surface area contributed by atoms with Crippen LogP contribution < -0.4 is 9.47 Å². The number of benzene rings is 1. The van der Waals surface area contributed by atoms with Gasteiger partial charge in [-0.05, 0) is 83.2 Å². The van der Waals surface area contributed by atoms with Crippen LogP contribution in [0.1, 0.15) is 79.3 Å². The number of halogens is 3. The number of thiophene rings is 1. The number of alkyl halides is 3. The van der Waals surface area contributed by atoms with Crippen LogP contribution in [0.15, 0.2) is 40.9 Å². The molecule has 1 aliphatic heterocycles. The van der Waals surface area contributed by atoms with E-state index in [1.54, 1.807) is 38.2 Å². The predicted molar refractivity (Wildman–Crippen MR) is 169 cm³/mol. The number of fused-ring (bicyclic) bond motifs is 3. The predicted octanol–water partition coefficient (Wildman–Crippen LogP) is 7.08. The van der Waals surface area contributed by atoms with E-state index in [1.165, 1.54) is 19.2 Å². The van der Waals surface area contributed by atoms with Gasteiger partial charge in [-0.15, -0.1) is 34.7 Å². The molecule has 0 saturated carbocycles. The molecule has 250 valence electrons. The second-order valence-corrected chi connectivity index (χ2v) is 13.3. The van der Waals surface area contributed by atoms with Gasteiger partial charge in [0.15, 0.2) is 12.4 Å². The van der Waals surface area contributed by atoms with E-state index in [0.717, 1.165) is 32.6 Å². The molecular formula is C33H35F3N4O6S. The number of aliphatic imine (C=N–C) groups is 1. The van der Waals surface area contributed by atoms with Crippen molar-refractivity contribution in [2.45, 2.75) is 78.8 Å². The lowest BCUT2D eigenvalue weighted by molar-refractivity contribution is -0.274. The third kappa shape index (κ3) is 7.58. The van der Waals surface area contributed by atoms with Crippen molar-refractivity contribution in [3.63, 3.8) is 0 Å². The molecule has 0 fully saturated rings. The van der Waals surface area contributed by atoms with Gasteiger partial charge in [-0.2, -0.15) is 0 Å². The van der Waals surface area contributed by atoms with E-state index in [9.17, 15) is 22.8 Å². The van der Waals surface area contributed by atoms with Crippen molar-refractivity contribution in [3.05, 3.63) is 69.1 Å². The van der Waals surface area contributed by atoms with E-state index in [2.05, 4.69) is 14.9 Å². The Bertz CT molecular complexity index is 1810. The van der Waals surface area contributed by atoms with E-state index < -0.39 is 42.3 Å². The molecule has 3 heterocycles. The highest BCUT2D eigenvalue weighted by molar-refractivity contribution is 7.15. The van der Waals surface area contributed by atoms with Crippen molar-refractivity contribution in [2.75, 3.05) is 13.7 Å². The molecule has 0 bridgehead atoms. The first-order valence-corrected chi connectivity index (χ1v) is 15.7. The van der Waals surface area contributed by atoms with E-state index in [0.29, 0.717) is 35.8 Å². The lowest BCUT2D eigenvalue weighted by Crippen LogP contribution is -2.27. The monoisotopic (exact) mass is 672 g/mol. The molecule has 0 amide bonds. The summed E-state index contributed by atoms with van der Waals surface area (Å²) in [4.78, 5) is 30.6. The van der Waals surface area contributed by atoms with Crippen LogP contribution in [0.3, 0.4) is 0 Å². The van der Waals surface area contributed by atoms with E-state index in [1.807, 2.05) is 31.4 Å². The first kappa shape index (κ1) is 33.9. The quantitative estimate of drug-likeness (QED) is 0.233. The van der Waals surface area contributed by atoms with Crippen LogP contribution in [0, 0.1) is 20.8 Å². The Hall–Kier alpha value is -4.46. The summed E-state index contributed by atoms with van der Waals surface area (Å²) < 4.78 is 62.4. The fourth-order valence-corrected chi connectivity index (χ4v) is 6.64. The Morgan fingerprint density at radius 2 is 1.72 bits per heavy atom. The summed E-state index contributed by atoms with van der Waals surface area (Å²) in [6.07, 6.45) is -0.582. The third-order valence-corrected chi connectivity index (χ3v) is 8.77. The zero-order chi connectivity index (χ0) is 34.3. The van der Waals surface area contributed by atoms with Crippen molar-refractivity contribution < 1.29 is 41.7 Å². The number of esters is 2. The minimum atomic E-state index is -4.96. The number of carbonyl (C=O) groups is 2. The van der Waals surface area contributed by atoms with Crippen LogP contribution in [0.5, 0.6) is 11.5 Å². The second-order valence-electron chi connectivity index (χ2n) is 12.1. The van der Waals surface area contributed by atoms with Gasteiger partial charge in [0.25, 0.3) is 0 Å². The number of rotatable bonds is 8. The van der Waals surface area contributed by atoms with E-state index in [-0.39, 0.29) is 17.7 Å². The lowest BCUT2D eigenvalue weighted by atomic mass is 9.88. The molecular weight excluding hydrogens is 637 g/mol. The Labute approximate surface area is 273 Å². The molecule has 2 aromatic heterocycles. The first-order chi connectivity index (χ1) is 22.0. The maximum absolute atomic E-state index is 13.5. The van der Waals surface area contributed by atoms with Gasteiger partial charge in [0.2, 0.25) is 0 Å². The SMILES string of the molecule is COC(=O)CC1N=C(C2=CC=C(c3ccc(OCC(=O)OC(C)(C)C)cc3OC(F)(F)F)CC2)c2c(sc(C)c2C)-n2c(C)nnc21. The Morgan fingerprint density at radius 3 is 2.36 bits per heavy atom. The smallest absolute Gasteiger partial charge is 0.482 e. The number of allylic oxidation sites excluding steroid dienone is 4. The van der Waals surface area contributed by atoms with Gasteiger partial charge in [-0.3, -0.25) is 14.4 Å². The lowest BCUT2D eigenvalue weighted by Gasteiger charge is -2.21. The van der Waals surface area contributed by atoms with Gasteiger partial charge in [0, 0.05) is 22.1 Å². The zero-order valence-electron chi connectivity index (χ0n) is 27.1. The number of ether oxygens (including phenoxy) is 4. The molecule has 14 heteroatoms. The fourth-order valence-electron chi connectivity index (χ4n) is 5.43. The van der Waals surface area contributed by atoms with Crippen LogP contribution in [-0.2, 0) is 19.1 Å². The van der Waals surface area contributed by atoms with Crippen LogP contribution in [0.2, 0.25) is 0 Å². The molecule has 0 saturated heterocycles. The summed E-state index contributed by atoms with van der Waals surface area (Å²) in [6.45, 7) is 10.5. The Balaban J connectivity index is 1.52. The van der Waals surface area contributed by atoms with E-state index in [4.69, 9.17) is 19.2 Å². The minimum Gasteiger partial charge on any atom is -0.482 e. The highest BCUT2D eigenvalue weighted by Gasteiger charge is 2.35. The molecule has 0 radical (unpaired) electrons. The van der Waals surface area contributed by atoms with Crippen molar-refractivity contribution >= 4 is 34.6 Å². The number of carbonyl (C=O) groups excluding carboxylic acids is 2. The molecule has 1 unspecified atom stereocenters. The van der Waals surface area contributed by atoms with Crippen molar-refractivity contribution in [1.82, 2.24) is 14.8 Å². The van der Waals surface area contributed by atoms with Gasteiger partial charge < -0.3 is 18.9 Å². The molecule has 5 rings (SSSR count). The molecule has 0 spiro atoms. The summed E-state index contributed by atoms with van der Waals surface area (Å²) in [5.74, 6) is -0.345. The molecule has 3 aromatic rings. The minimum absolute atomic E-state index is 0.0223. The topological polar surface area (TPSA) is 114 Å². The third-order valence-electron chi connectivity index (χ3n) is 7.58. The Morgan fingerprint density at radius 1 is 1.02 bits per heavy atom. The number of aromatic nitrogens is 3. The molecule has 10 nitrogen and oxygen atoms in total.